The number of rotatable bonds is 6. The molecule has 0 bridgehead atoms. The summed E-state index contributed by atoms with van der Waals surface area (Å²) in [7, 11) is 1.73. The maximum Gasteiger partial charge on any atom is 0.242 e. The molecule has 0 saturated carbocycles. The fourth-order valence-corrected chi connectivity index (χ4v) is 2.65. The largest absolute Gasteiger partial charge is 0.478 e. The zero-order valence-corrected chi connectivity index (χ0v) is 17.3. The number of hydrogen-bond donors (Lipinski definition) is 2. The Morgan fingerprint density at radius 2 is 1.90 bits per heavy atom. The average molecular weight is 400 g/mol. The number of benzene rings is 1. The summed E-state index contributed by atoms with van der Waals surface area (Å²) >= 11 is 0. The molecule has 0 aliphatic rings. The summed E-state index contributed by atoms with van der Waals surface area (Å²) in [6, 6.07) is 16.7. The van der Waals surface area contributed by atoms with Crippen LogP contribution in [0.4, 0.5) is 5.82 Å². The monoisotopic (exact) mass is 400 g/mol. The summed E-state index contributed by atoms with van der Waals surface area (Å²) < 4.78 is 5.42. The minimum Gasteiger partial charge on any atom is -0.478 e. The lowest BCUT2D eigenvalue weighted by molar-refractivity contribution is -0.117. The molecule has 30 heavy (non-hydrogen) atoms. The van der Waals surface area contributed by atoms with Crippen molar-refractivity contribution >= 4 is 11.7 Å². The molecule has 3 aromatic rings. The number of likely N-dealkylation sites (N-methyl/N-ethyl adjacent to an activating group) is 1. The van der Waals surface area contributed by atoms with Gasteiger partial charge in [-0.2, -0.15) is 0 Å². The summed E-state index contributed by atoms with van der Waals surface area (Å²) in [4.78, 5) is 21.1. The van der Waals surface area contributed by atoms with Gasteiger partial charge in [0.2, 0.25) is 11.8 Å². The second-order valence-corrected chi connectivity index (χ2v) is 6.53. The van der Waals surface area contributed by atoms with Crippen molar-refractivity contribution < 1.29 is 9.53 Å². The van der Waals surface area contributed by atoms with E-state index >= 15 is 0 Å². The third kappa shape index (κ3) is 5.43. The lowest BCUT2D eigenvalue weighted by atomic mass is 10.1. The second kappa shape index (κ2) is 10.2. The van der Waals surface area contributed by atoms with Gasteiger partial charge in [-0.15, -0.1) is 0 Å². The minimum absolute atomic E-state index is 0.164. The van der Waals surface area contributed by atoms with Crippen molar-refractivity contribution in [2.24, 2.45) is 0 Å². The number of nitrogens with zero attached hydrogens (tertiary/aromatic N) is 2. The predicted molar refractivity (Wildman–Crippen MR) is 118 cm³/mol. The van der Waals surface area contributed by atoms with Crippen molar-refractivity contribution in [3.8, 4) is 28.8 Å². The summed E-state index contributed by atoms with van der Waals surface area (Å²) in [5.41, 5.74) is 3.13. The van der Waals surface area contributed by atoms with Gasteiger partial charge < -0.3 is 15.4 Å². The van der Waals surface area contributed by atoms with Crippen LogP contribution in [0.15, 0.2) is 60.8 Å². The van der Waals surface area contributed by atoms with Crippen molar-refractivity contribution in [3.63, 3.8) is 0 Å². The molecule has 6 heteroatoms. The van der Waals surface area contributed by atoms with Crippen LogP contribution in [0.1, 0.15) is 25.1 Å². The lowest BCUT2D eigenvalue weighted by Gasteiger charge is -2.12. The van der Waals surface area contributed by atoms with Gasteiger partial charge in [-0.3, -0.25) is 4.79 Å². The van der Waals surface area contributed by atoms with Crippen LogP contribution in [-0.2, 0) is 4.79 Å². The van der Waals surface area contributed by atoms with Gasteiger partial charge >= 0.3 is 0 Å². The normalized spacial score (nSPS) is 11.2. The van der Waals surface area contributed by atoms with Crippen LogP contribution in [0, 0.1) is 11.8 Å². The van der Waals surface area contributed by atoms with Crippen molar-refractivity contribution in [2.45, 2.75) is 19.9 Å². The van der Waals surface area contributed by atoms with E-state index in [4.69, 9.17) is 4.74 Å². The molecule has 0 aliphatic carbocycles. The summed E-state index contributed by atoms with van der Waals surface area (Å²) in [6.45, 7) is 4.26. The molecule has 1 unspecified atom stereocenters. The third-order valence-electron chi connectivity index (χ3n) is 4.41. The molecule has 1 atom stereocenters. The Balaban J connectivity index is 1.98. The van der Waals surface area contributed by atoms with Gasteiger partial charge in [0.25, 0.3) is 0 Å². The Labute approximate surface area is 176 Å². The number of carbonyl (C=O) groups excluding carboxylic acids is 1. The molecule has 3 rings (SSSR count). The lowest BCUT2D eigenvalue weighted by Crippen LogP contribution is -2.35. The summed E-state index contributed by atoms with van der Waals surface area (Å²) in [5, 5.41) is 5.73. The smallest absolute Gasteiger partial charge is 0.242 e. The molecule has 0 aliphatic heterocycles. The zero-order valence-electron chi connectivity index (χ0n) is 17.3. The topological polar surface area (TPSA) is 76.1 Å². The van der Waals surface area contributed by atoms with E-state index in [-0.39, 0.29) is 11.9 Å². The van der Waals surface area contributed by atoms with Crippen LogP contribution in [0.3, 0.4) is 0 Å². The van der Waals surface area contributed by atoms with Gasteiger partial charge in [0.05, 0.1) is 12.6 Å². The Kier molecular flexibility index (Phi) is 7.14. The summed E-state index contributed by atoms with van der Waals surface area (Å²) in [5.74, 6) is 7.12. The highest BCUT2D eigenvalue weighted by molar-refractivity contribution is 5.94. The highest BCUT2D eigenvalue weighted by Gasteiger charge is 2.13. The fraction of sp³-hybridized carbons (Fsp3) is 0.208. The van der Waals surface area contributed by atoms with Gasteiger partial charge in [0.1, 0.15) is 11.5 Å². The maximum atomic E-state index is 12.2. The van der Waals surface area contributed by atoms with Crippen LogP contribution in [0.25, 0.3) is 11.1 Å². The molecule has 0 radical (unpaired) electrons. The Morgan fingerprint density at radius 1 is 1.10 bits per heavy atom. The first kappa shape index (κ1) is 21.0. The third-order valence-corrected chi connectivity index (χ3v) is 4.41. The van der Waals surface area contributed by atoms with Gasteiger partial charge in [0.15, 0.2) is 0 Å². The highest BCUT2D eigenvalue weighted by atomic mass is 16.5. The van der Waals surface area contributed by atoms with E-state index in [0.29, 0.717) is 24.0 Å². The van der Waals surface area contributed by atoms with E-state index in [9.17, 15) is 4.79 Å². The van der Waals surface area contributed by atoms with Crippen LogP contribution in [0.2, 0.25) is 0 Å². The van der Waals surface area contributed by atoms with Crippen molar-refractivity contribution in [1.82, 2.24) is 15.3 Å². The van der Waals surface area contributed by atoms with Gasteiger partial charge in [-0.25, -0.2) is 9.97 Å². The number of nitrogens with one attached hydrogen (secondary N) is 2. The summed E-state index contributed by atoms with van der Waals surface area (Å²) in [6.07, 6.45) is 1.73. The van der Waals surface area contributed by atoms with E-state index in [2.05, 4.69) is 32.4 Å². The number of amides is 1. The molecule has 2 aromatic heterocycles. The number of carbonyl (C=O) groups is 1. The van der Waals surface area contributed by atoms with E-state index in [1.807, 2.05) is 55.5 Å². The molecule has 6 nitrogen and oxygen atoms in total. The SMILES string of the molecule is CCOc1ccc(-c2ccc(NC(=O)C(C)NC)nc2C#Cc2ccccc2)cn1. The van der Waals surface area contributed by atoms with Crippen LogP contribution in [0.5, 0.6) is 5.88 Å². The highest BCUT2D eigenvalue weighted by Crippen LogP contribution is 2.24. The predicted octanol–water partition coefficient (Wildman–Crippen LogP) is 3.49. The second-order valence-electron chi connectivity index (χ2n) is 6.53. The first-order chi connectivity index (χ1) is 14.6. The number of hydrogen-bond acceptors (Lipinski definition) is 5. The van der Waals surface area contributed by atoms with Gasteiger partial charge in [-0.1, -0.05) is 24.1 Å². The maximum absolute atomic E-state index is 12.2. The number of aromatic nitrogens is 2. The molecule has 0 spiro atoms. The Morgan fingerprint density at radius 3 is 2.57 bits per heavy atom. The Bertz CT molecular complexity index is 1050. The minimum atomic E-state index is -0.333. The molecule has 2 heterocycles. The molecule has 1 aromatic carbocycles. The van der Waals surface area contributed by atoms with Crippen LogP contribution >= 0.6 is 0 Å². The molecule has 0 fully saturated rings. The van der Waals surface area contributed by atoms with Crippen LogP contribution in [-0.4, -0.2) is 35.6 Å². The number of pyridine rings is 2. The van der Waals surface area contributed by atoms with Crippen molar-refractivity contribution in [1.29, 1.82) is 0 Å². The molecule has 0 saturated heterocycles. The van der Waals surface area contributed by atoms with E-state index in [1.165, 1.54) is 0 Å². The molecular formula is C24H24N4O2. The quantitative estimate of drug-likeness (QED) is 0.620. The van der Waals surface area contributed by atoms with Gasteiger partial charge in [0, 0.05) is 29.0 Å². The van der Waals surface area contributed by atoms with E-state index in [1.54, 1.807) is 26.2 Å². The molecular weight excluding hydrogens is 376 g/mol. The molecule has 1 amide bonds. The zero-order chi connectivity index (χ0) is 21.3. The standard InChI is InChI=1S/C24H24N4O2/c1-4-30-23-15-11-19(16-26-23)20-12-14-22(28-24(29)17(2)25-3)27-21(20)13-10-18-8-6-5-7-9-18/h5-9,11-12,14-17,25H,4H2,1-3H3,(H,27,28,29). The van der Waals surface area contributed by atoms with Gasteiger partial charge in [-0.05, 0) is 57.1 Å². The van der Waals surface area contributed by atoms with E-state index in [0.717, 1.165) is 16.7 Å². The van der Waals surface area contributed by atoms with Crippen molar-refractivity contribution in [3.05, 3.63) is 72.1 Å². The average Bonchev–Trinajstić information content (AvgIpc) is 2.79. The first-order valence-electron chi connectivity index (χ1n) is 9.76. The number of anilines is 1. The molecule has 2 N–H and O–H groups in total. The van der Waals surface area contributed by atoms with E-state index < -0.39 is 0 Å². The number of ether oxygens (including phenoxy) is 1. The van der Waals surface area contributed by atoms with Crippen molar-refractivity contribution in [2.75, 3.05) is 19.0 Å². The van der Waals surface area contributed by atoms with Crippen LogP contribution < -0.4 is 15.4 Å². The Hall–Kier alpha value is -3.69. The fourth-order valence-electron chi connectivity index (χ4n) is 2.65. The molecule has 152 valence electrons. The first-order valence-corrected chi connectivity index (χ1v) is 9.76.